The first-order valence-electron chi connectivity index (χ1n) is 3.92. The molecule has 0 saturated heterocycles. The highest BCUT2D eigenvalue weighted by Gasteiger charge is 2.23. The Morgan fingerprint density at radius 1 is 0.909 bits per heavy atom. The van der Waals surface area contributed by atoms with Gasteiger partial charge in [-0.05, 0) is 6.04 Å². The lowest BCUT2D eigenvalue weighted by Crippen LogP contribution is -2.07. The maximum Gasteiger partial charge on any atom is 0.341 e. The summed E-state index contributed by atoms with van der Waals surface area (Å²) in [6.45, 7) is 3.76. The Balaban J connectivity index is 3.02. The van der Waals surface area contributed by atoms with E-state index in [1.807, 2.05) is 0 Å². The quantitative estimate of drug-likeness (QED) is 0.361. The molecule has 67 valence electrons. The molecule has 0 aromatic heterocycles. The number of unbranched alkanes of at least 4 members (excludes halogenated alkanes) is 4. The third-order valence-electron chi connectivity index (χ3n) is 1.46. The molecule has 0 bridgehead atoms. The third-order valence-corrected chi connectivity index (χ3v) is 4.08. The molecule has 0 spiro atoms. The number of hydrogen-bond acceptors (Lipinski definition) is 0. The SMILES string of the molecule is [CH2]CCCCCC[Si](Cl)(Cl)Cl. The molecule has 0 fully saturated rings. The first-order valence-corrected chi connectivity index (χ1v) is 9.16. The average Bonchev–Trinajstić information content (AvgIpc) is 1.85. The molecule has 0 aromatic rings. The number of rotatable bonds is 6. The van der Waals surface area contributed by atoms with E-state index in [0.29, 0.717) is 0 Å². The minimum absolute atomic E-state index is 0.800. The van der Waals surface area contributed by atoms with E-state index in [1.165, 1.54) is 19.3 Å². The summed E-state index contributed by atoms with van der Waals surface area (Å²) in [5, 5.41) is 0. The molecular weight excluding hydrogens is 219 g/mol. The van der Waals surface area contributed by atoms with Gasteiger partial charge in [-0.25, -0.2) is 0 Å². The third kappa shape index (κ3) is 11.1. The zero-order valence-corrected chi connectivity index (χ0v) is 9.85. The van der Waals surface area contributed by atoms with Gasteiger partial charge in [0.15, 0.2) is 0 Å². The maximum atomic E-state index is 5.70. The van der Waals surface area contributed by atoms with E-state index in [2.05, 4.69) is 6.92 Å². The molecule has 0 amide bonds. The number of hydrogen-bond donors (Lipinski definition) is 0. The van der Waals surface area contributed by atoms with Crippen molar-refractivity contribution in [3.05, 3.63) is 6.92 Å². The summed E-state index contributed by atoms with van der Waals surface area (Å²) in [6.07, 6.45) is 5.67. The van der Waals surface area contributed by atoms with Gasteiger partial charge in [-0.1, -0.05) is 39.0 Å². The second-order valence-electron chi connectivity index (χ2n) is 2.63. The lowest BCUT2D eigenvalue weighted by atomic mass is 10.2. The lowest BCUT2D eigenvalue weighted by molar-refractivity contribution is 0.672. The van der Waals surface area contributed by atoms with Gasteiger partial charge in [0.25, 0.3) is 0 Å². The van der Waals surface area contributed by atoms with Crippen molar-refractivity contribution in [3.63, 3.8) is 0 Å². The highest BCUT2D eigenvalue weighted by atomic mass is 35.8. The van der Waals surface area contributed by atoms with E-state index < -0.39 is 6.00 Å². The van der Waals surface area contributed by atoms with Gasteiger partial charge in [0.05, 0.1) is 0 Å². The molecule has 11 heavy (non-hydrogen) atoms. The maximum absolute atomic E-state index is 5.70. The van der Waals surface area contributed by atoms with Crippen LogP contribution in [0.3, 0.4) is 0 Å². The predicted octanol–water partition coefficient (Wildman–Crippen LogP) is 4.43. The van der Waals surface area contributed by atoms with Gasteiger partial charge < -0.3 is 0 Å². The number of halogens is 3. The fourth-order valence-electron chi connectivity index (χ4n) is 0.856. The topological polar surface area (TPSA) is 0 Å². The van der Waals surface area contributed by atoms with Crippen LogP contribution in [0, 0.1) is 6.92 Å². The van der Waals surface area contributed by atoms with E-state index in [0.717, 1.165) is 18.9 Å². The molecule has 4 heteroatoms. The van der Waals surface area contributed by atoms with Crippen molar-refractivity contribution in [2.45, 2.75) is 38.1 Å². The molecule has 0 atom stereocenters. The van der Waals surface area contributed by atoms with Crippen molar-refractivity contribution in [2.75, 3.05) is 0 Å². The van der Waals surface area contributed by atoms with Crippen LogP contribution in [0.1, 0.15) is 32.1 Å². The first kappa shape index (κ1) is 12.1. The summed E-state index contributed by atoms with van der Waals surface area (Å²) in [5.41, 5.74) is 0. The standard InChI is InChI=1S/C7H14Cl3Si/c1-2-3-4-5-6-7-11(8,9)10/h1-7H2. The normalized spacial score (nSPS) is 12.0. The van der Waals surface area contributed by atoms with Crippen LogP contribution in [0.15, 0.2) is 0 Å². The molecule has 1 radical (unpaired) electrons. The minimum atomic E-state index is -2.32. The smallest absolute Gasteiger partial charge is 0.126 e. The van der Waals surface area contributed by atoms with Gasteiger partial charge in [0.2, 0.25) is 0 Å². The molecule has 0 unspecified atom stereocenters. The highest BCUT2D eigenvalue weighted by molar-refractivity contribution is 7.64. The summed E-state index contributed by atoms with van der Waals surface area (Å²) < 4.78 is 0. The van der Waals surface area contributed by atoms with Crippen molar-refractivity contribution in [1.29, 1.82) is 0 Å². The summed E-state index contributed by atoms with van der Waals surface area (Å²) in [4.78, 5) is 0. The monoisotopic (exact) mass is 231 g/mol. The Morgan fingerprint density at radius 3 is 1.91 bits per heavy atom. The molecule has 0 aliphatic rings. The lowest BCUT2D eigenvalue weighted by Gasteiger charge is -2.05. The van der Waals surface area contributed by atoms with Crippen molar-refractivity contribution in [1.82, 2.24) is 0 Å². The first-order chi connectivity index (χ1) is 5.06. The van der Waals surface area contributed by atoms with Crippen molar-refractivity contribution in [3.8, 4) is 0 Å². The molecule has 0 aliphatic carbocycles. The second-order valence-corrected chi connectivity index (χ2v) is 11.9. The van der Waals surface area contributed by atoms with E-state index >= 15 is 0 Å². The van der Waals surface area contributed by atoms with Gasteiger partial charge in [0.1, 0.15) is 0 Å². The fraction of sp³-hybridized carbons (Fsp3) is 0.857. The Hall–Kier alpha value is 1.09. The van der Waals surface area contributed by atoms with Crippen LogP contribution in [0.5, 0.6) is 0 Å². The van der Waals surface area contributed by atoms with Crippen molar-refractivity contribution in [2.24, 2.45) is 0 Å². The van der Waals surface area contributed by atoms with Crippen molar-refractivity contribution >= 4 is 39.2 Å². The Morgan fingerprint density at radius 2 is 1.45 bits per heavy atom. The molecule has 0 saturated carbocycles. The van der Waals surface area contributed by atoms with Gasteiger partial charge >= 0.3 is 6.00 Å². The Labute approximate surface area is 84.3 Å². The molecule has 0 N–H and O–H groups in total. The Kier molecular flexibility index (Phi) is 7.24. The van der Waals surface area contributed by atoms with E-state index in [1.54, 1.807) is 0 Å². The molecule has 0 heterocycles. The van der Waals surface area contributed by atoms with E-state index in [4.69, 9.17) is 33.2 Å². The molecule has 0 aliphatic heterocycles. The minimum Gasteiger partial charge on any atom is -0.126 e. The van der Waals surface area contributed by atoms with Gasteiger partial charge in [-0.15, -0.1) is 33.2 Å². The van der Waals surface area contributed by atoms with E-state index in [-0.39, 0.29) is 0 Å². The van der Waals surface area contributed by atoms with Crippen LogP contribution in [0.25, 0.3) is 0 Å². The molecule has 0 aromatic carbocycles. The molecule has 0 rings (SSSR count). The summed E-state index contributed by atoms with van der Waals surface area (Å²) in [7, 11) is 0. The second kappa shape index (κ2) is 6.59. The van der Waals surface area contributed by atoms with Crippen LogP contribution in [-0.4, -0.2) is 6.00 Å². The summed E-state index contributed by atoms with van der Waals surface area (Å²) in [5.74, 6) is 0. The van der Waals surface area contributed by atoms with E-state index in [9.17, 15) is 0 Å². The van der Waals surface area contributed by atoms with Gasteiger partial charge in [-0.2, -0.15) is 0 Å². The summed E-state index contributed by atoms with van der Waals surface area (Å²) in [6, 6.07) is -1.52. The fourth-order valence-corrected chi connectivity index (χ4v) is 2.71. The zero-order valence-electron chi connectivity index (χ0n) is 6.58. The predicted molar refractivity (Wildman–Crippen MR) is 56.6 cm³/mol. The van der Waals surface area contributed by atoms with Gasteiger partial charge in [0, 0.05) is 0 Å². The highest BCUT2D eigenvalue weighted by Crippen LogP contribution is 2.27. The zero-order chi connectivity index (χ0) is 8.74. The van der Waals surface area contributed by atoms with Crippen LogP contribution in [-0.2, 0) is 0 Å². The van der Waals surface area contributed by atoms with Gasteiger partial charge in [-0.3, -0.25) is 0 Å². The Bertz CT molecular complexity index is 90.2. The molecule has 0 nitrogen and oxygen atoms in total. The van der Waals surface area contributed by atoms with Crippen LogP contribution >= 0.6 is 33.2 Å². The van der Waals surface area contributed by atoms with Crippen molar-refractivity contribution < 1.29 is 0 Å². The largest absolute Gasteiger partial charge is 0.341 e. The van der Waals surface area contributed by atoms with Crippen LogP contribution < -0.4 is 0 Å². The average molecular weight is 233 g/mol. The van der Waals surface area contributed by atoms with Crippen LogP contribution in [0.4, 0.5) is 0 Å². The summed E-state index contributed by atoms with van der Waals surface area (Å²) >= 11 is 17.1. The molecular formula is C7H14Cl3Si. The van der Waals surface area contributed by atoms with Crippen LogP contribution in [0.2, 0.25) is 6.04 Å².